The molecule has 1 aromatic heterocycles. The summed E-state index contributed by atoms with van der Waals surface area (Å²) in [4.78, 5) is 26.6. The summed E-state index contributed by atoms with van der Waals surface area (Å²) in [7, 11) is 1.76. The number of hydrogen-bond donors (Lipinski definition) is 2. The third kappa shape index (κ3) is 3.33. The van der Waals surface area contributed by atoms with Crippen molar-refractivity contribution in [3.63, 3.8) is 0 Å². The van der Waals surface area contributed by atoms with Gasteiger partial charge in [-0.3, -0.25) is 14.3 Å². The number of piperidine rings is 1. The minimum absolute atomic E-state index is 0. The standard InChI is InChI=1S/C17H25N5O3.ClH/c1-21-8-9-22-13(16(21)24)11-12(20-22)15(23)19-14-3-2-10-25-17(14)4-6-18-7-5-17;/h11,14,18H,2-10H2,1H3,(H,19,23);1H. The van der Waals surface area contributed by atoms with E-state index < -0.39 is 0 Å². The fourth-order valence-electron chi connectivity index (χ4n) is 4.12. The van der Waals surface area contributed by atoms with Gasteiger partial charge in [0.15, 0.2) is 5.69 Å². The average Bonchev–Trinajstić information content (AvgIpc) is 3.06. The molecule has 0 radical (unpaired) electrons. The minimum atomic E-state index is -0.269. The van der Waals surface area contributed by atoms with Crippen molar-refractivity contribution in [1.29, 1.82) is 0 Å². The van der Waals surface area contributed by atoms with Gasteiger partial charge in [0.2, 0.25) is 0 Å². The van der Waals surface area contributed by atoms with Gasteiger partial charge in [0.25, 0.3) is 11.8 Å². The first-order chi connectivity index (χ1) is 12.1. The van der Waals surface area contributed by atoms with Crippen molar-refractivity contribution in [3.05, 3.63) is 17.5 Å². The van der Waals surface area contributed by atoms with Gasteiger partial charge in [0, 0.05) is 26.3 Å². The van der Waals surface area contributed by atoms with Crippen LogP contribution in [0, 0.1) is 0 Å². The van der Waals surface area contributed by atoms with Crippen LogP contribution in [0.25, 0.3) is 0 Å². The second kappa shape index (κ2) is 7.54. The van der Waals surface area contributed by atoms with Crippen LogP contribution in [0.4, 0.5) is 0 Å². The molecule has 1 aromatic rings. The van der Waals surface area contributed by atoms with Gasteiger partial charge in [-0.15, -0.1) is 12.4 Å². The number of nitrogens with zero attached hydrogens (tertiary/aromatic N) is 3. The lowest BCUT2D eigenvalue weighted by molar-refractivity contribution is -0.114. The minimum Gasteiger partial charge on any atom is -0.373 e. The van der Waals surface area contributed by atoms with Crippen molar-refractivity contribution in [1.82, 2.24) is 25.3 Å². The summed E-state index contributed by atoms with van der Waals surface area (Å²) in [5.74, 6) is -0.306. The second-order valence-corrected chi connectivity index (χ2v) is 7.20. The van der Waals surface area contributed by atoms with E-state index >= 15 is 0 Å². The molecule has 2 fully saturated rings. The Morgan fingerprint density at radius 2 is 2.15 bits per heavy atom. The van der Waals surface area contributed by atoms with Crippen LogP contribution in [0.5, 0.6) is 0 Å². The van der Waals surface area contributed by atoms with Crippen LogP contribution in [-0.2, 0) is 11.3 Å². The average molecular weight is 384 g/mol. The van der Waals surface area contributed by atoms with Crippen molar-refractivity contribution in [2.24, 2.45) is 0 Å². The Kier molecular flexibility index (Phi) is 5.55. The molecule has 0 bridgehead atoms. The van der Waals surface area contributed by atoms with Crippen LogP contribution < -0.4 is 10.6 Å². The van der Waals surface area contributed by atoms with Crippen LogP contribution in [-0.4, -0.2) is 71.4 Å². The number of likely N-dealkylation sites (N-methyl/N-ethyl adjacent to an activating group) is 1. The highest BCUT2D eigenvalue weighted by Crippen LogP contribution is 2.33. The molecule has 4 rings (SSSR count). The summed E-state index contributed by atoms with van der Waals surface area (Å²) in [5.41, 5.74) is 0.526. The highest BCUT2D eigenvalue weighted by atomic mass is 35.5. The smallest absolute Gasteiger partial charge is 0.272 e. The molecule has 2 N–H and O–H groups in total. The molecule has 4 heterocycles. The first-order valence-electron chi connectivity index (χ1n) is 9.08. The molecule has 1 spiro atoms. The van der Waals surface area contributed by atoms with Crippen molar-refractivity contribution < 1.29 is 14.3 Å². The fourth-order valence-corrected chi connectivity index (χ4v) is 4.12. The number of rotatable bonds is 2. The lowest BCUT2D eigenvalue weighted by Crippen LogP contribution is -2.60. The summed E-state index contributed by atoms with van der Waals surface area (Å²) in [6, 6.07) is 1.60. The number of nitrogens with one attached hydrogen (secondary N) is 2. The van der Waals surface area contributed by atoms with E-state index in [2.05, 4.69) is 15.7 Å². The molecule has 26 heavy (non-hydrogen) atoms. The number of halogens is 1. The largest absolute Gasteiger partial charge is 0.373 e. The molecule has 1 unspecified atom stereocenters. The molecular weight excluding hydrogens is 358 g/mol. The SMILES string of the molecule is CN1CCn2nc(C(=O)NC3CCCOC34CCNCC4)cc2C1=O.Cl. The zero-order chi connectivity index (χ0) is 17.4. The van der Waals surface area contributed by atoms with Gasteiger partial charge in [-0.05, 0) is 38.8 Å². The van der Waals surface area contributed by atoms with Crippen molar-refractivity contribution >= 4 is 24.2 Å². The zero-order valence-electron chi connectivity index (χ0n) is 15.0. The number of fused-ring (bicyclic) bond motifs is 1. The molecule has 2 saturated heterocycles. The lowest BCUT2D eigenvalue weighted by atomic mass is 9.80. The van der Waals surface area contributed by atoms with Gasteiger partial charge in [-0.2, -0.15) is 5.10 Å². The number of carbonyl (C=O) groups excluding carboxylic acids is 2. The Balaban J connectivity index is 0.00000196. The van der Waals surface area contributed by atoms with Crippen LogP contribution >= 0.6 is 12.4 Å². The maximum atomic E-state index is 12.8. The van der Waals surface area contributed by atoms with Crippen LogP contribution in [0.2, 0.25) is 0 Å². The number of aromatic nitrogens is 2. The topological polar surface area (TPSA) is 88.5 Å². The maximum Gasteiger partial charge on any atom is 0.272 e. The molecular formula is C17H26ClN5O3. The van der Waals surface area contributed by atoms with E-state index in [9.17, 15) is 9.59 Å². The van der Waals surface area contributed by atoms with E-state index in [4.69, 9.17) is 4.74 Å². The third-order valence-corrected chi connectivity index (χ3v) is 5.64. The van der Waals surface area contributed by atoms with Gasteiger partial charge in [0.05, 0.1) is 18.2 Å². The Morgan fingerprint density at radius 1 is 1.38 bits per heavy atom. The molecule has 0 saturated carbocycles. The van der Waals surface area contributed by atoms with Crippen molar-refractivity contribution in [3.8, 4) is 0 Å². The number of carbonyl (C=O) groups is 2. The Hall–Kier alpha value is -1.64. The maximum absolute atomic E-state index is 12.8. The second-order valence-electron chi connectivity index (χ2n) is 7.20. The number of hydrogen-bond acceptors (Lipinski definition) is 5. The molecule has 1 atom stereocenters. The molecule has 3 aliphatic rings. The van der Waals surface area contributed by atoms with E-state index in [-0.39, 0.29) is 35.9 Å². The van der Waals surface area contributed by atoms with Gasteiger partial charge >= 0.3 is 0 Å². The Morgan fingerprint density at radius 3 is 2.92 bits per heavy atom. The predicted octanol–water partition coefficient (Wildman–Crippen LogP) is 0.422. The number of amides is 2. The first kappa shape index (κ1) is 19.1. The van der Waals surface area contributed by atoms with Gasteiger partial charge in [-0.25, -0.2) is 0 Å². The van der Waals surface area contributed by atoms with E-state index in [1.165, 1.54) is 0 Å². The van der Waals surface area contributed by atoms with Crippen LogP contribution in [0.3, 0.4) is 0 Å². The molecule has 2 amide bonds. The first-order valence-corrected chi connectivity index (χ1v) is 9.08. The summed E-state index contributed by atoms with van der Waals surface area (Å²) < 4.78 is 7.76. The monoisotopic (exact) mass is 383 g/mol. The van der Waals surface area contributed by atoms with Gasteiger partial charge in [-0.1, -0.05) is 0 Å². The summed E-state index contributed by atoms with van der Waals surface area (Å²) in [6.07, 6.45) is 3.67. The molecule has 0 aromatic carbocycles. The van der Waals surface area contributed by atoms with E-state index in [0.29, 0.717) is 24.5 Å². The molecule has 0 aliphatic carbocycles. The summed E-state index contributed by atoms with van der Waals surface area (Å²) in [5, 5.41) is 10.8. The molecule has 3 aliphatic heterocycles. The predicted molar refractivity (Wildman–Crippen MR) is 97.7 cm³/mol. The quantitative estimate of drug-likeness (QED) is 0.772. The van der Waals surface area contributed by atoms with E-state index in [1.807, 2.05) is 0 Å². The highest BCUT2D eigenvalue weighted by molar-refractivity contribution is 5.98. The van der Waals surface area contributed by atoms with E-state index in [1.54, 1.807) is 22.7 Å². The molecule has 9 heteroatoms. The molecule has 144 valence electrons. The van der Waals surface area contributed by atoms with Crippen LogP contribution in [0.1, 0.15) is 46.7 Å². The lowest BCUT2D eigenvalue weighted by Gasteiger charge is -2.46. The fraction of sp³-hybridized carbons (Fsp3) is 0.706. The van der Waals surface area contributed by atoms with E-state index in [0.717, 1.165) is 45.4 Å². The zero-order valence-corrected chi connectivity index (χ0v) is 15.8. The van der Waals surface area contributed by atoms with Gasteiger partial charge in [0.1, 0.15) is 5.69 Å². The van der Waals surface area contributed by atoms with Crippen molar-refractivity contribution in [2.45, 2.75) is 43.9 Å². The summed E-state index contributed by atoms with van der Waals surface area (Å²) in [6.45, 7) is 3.80. The van der Waals surface area contributed by atoms with Crippen LogP contribution in [0.15, 0.2) is 6.07 Å². The Labute approximate surface area is 159 Å². The van der Waals surface area contributed by atoms with Crippen molar-refractivity contribution in [2.75, 3.05) is 33.3 Å². The third-order valence-electron chi connectivity index (χ3n) is 5.64. The number of ether oxygens (including phenoxy) is 1. The molecule has 8 nitrogen and oxygen atoms in total. The van der Waals surface area contributed by atoms with Gasteiger partial charge < -0.3 is 20.3 Å². The Bertz CT molecular complexity index is 678. The normalized spacial score (nSPS) is 24.7. The highest BCUT2D eigenvalue weighted by Gasteiger charge is 2.44. The summed E-state index contributed by atoms with van der Waals surface area (Å²) >= 11 is 0.